The van der Waals surface area contributed by atoms with E-state index >= 15 is 0 Å². The Labute approximate surface area is 152 Å². The molecular weight excluding hydrogens is 342 g/mol. The predicted octanol–water partition coefficient (Wildman–Crippen LogP) is 2.31. The highest BCUT2D eigenvalue weighted by Gasteiger charge is 2.33. The molecular formula is C18H23ClN3O3+. The van der Waals surface area contributed by atoms with E-state index in [1.807, 2.05) is 25.1 Å². The van der Waals surface area contributed by atoms with Crippen LogP contribution in [0.25, 0.3) is 11.5 Å². The molecule has 0 amide bonds. The molecule has 1 aromatic carbocycles. The minimum Gasteiger partial charge on any atom is -0.466 e. The molecule has 1 N–H and O–H groups in total. The van der Waals surface area contributed by atoms with Crippen molar-refractivity contribution in [2.75, 3.05) is 19.7 Å². The van der Waals surface area contributed by atoms with Crippen LogP contribution in [-0.4, -0.2) is 35.9 Å². The van der Waals surface area contributed by atoms with Crippen LogP contribution in [-0.2, 0) is 9.53 Å². The number of carbonyl (C=O) groups is 1. The van der Waals surface area contributed by atoms with Crippen LogP contribution in [0, 0.1) is 5.92 Å². The first-order valence-corrected chi connectivity index (χ1v) is 9.06. The van der Waals surface area contributed by atoms with E-state index in [1.54, 1.807) is 6.07 Å². The van der Waals surface area contributed by atoms with Gasteiger partial charge in [-0.25, -0.2) is 0 Å². The number of halogens is 1. The van der Waals surface area contributed by atoms with E-state index in [-0.39, 0.29) is 17.9 Å². The Hall–Kier alpha value is -1.92. The first kappa shape index (κ1) is 17.9. The molecule has 1 aliphatic rings. The predicted molar refractivity (Wildman–Crippen MR) is 93.2 cm³/mol. The average molecular weight is 365 g/mol. The van der Waals surface area contributed by atoms with Crippen molar-refractivity contribution in [3.63, 3.8) is 0 Å². The Kier molecular flexibility index (Phi) is 5.71. The lowest BCUT2D eigenvalue weighted by molar-refractivity contribution is -0.936. The number of nitrogens with one attached hydrogen (secondary N) is 1. The number of esters is 1. The highest BCUT2D eigenvalue weighted by molar-refractivity contribution is 6.30. The number of hydrogen-bond acceptors (Lipinski definition) is 5. The van der Waals surface area contributed by atoms with Crippen molar-refractivity contribution in [1.29, 1.82) is 0 Å². The highest BCUT2D eigenvalue weighted by atomic mass is 35.5. The van der Waals surface area contributed by atoms with Gasteiger partial charge in [0.1, 0.15) is 0 Å². The molecule has 1 aliphatic heterocycles. The molecule has 0 bridgehead atoms. The molecule has 1 aromatic heterocycles. The molecule has 0 unspecified atom stereocenters. The van der Waals surface area contributed by atoms with Crippen LogP contribution < -0.4 is 4.90 Å². The van der Waals surface area contributed by atoms with Gasteiger partial charge in [-0.3, -0.25) is 4.79 Å². The number of carbonyl (C=O) groups excluding carboxylic acids is 1. The van der Waals surface area contributed by atoms with Crippen LogP contribution in [0.4, 0.5) is 0 Å². The maximum Gasteiger partial charge on any atom is 0.309 e. The first-order valence-electron chi connectivity index (χ1n) is 8.69. The fourth-order valence-electron chi connectivity index (χ4n) is 3.24. The summed E-state index contributed by atoms with van der Waals surface area (Å²) in [4.78, 5) is 13.2. The van der Waals surface area contributed by atoms with Crippen LogP contribution in [0.5, 0.6) is 0 Å². The van der Waals surface area contributed by atoms with Crippen LogP contribution in [0.3, 0.4) is 0 Å². The number of rotatable bonds is 5. The van der Waals surface area contributed by atoms with Gasteiger partial charge in [-0.05, 0) is 32.0 Å². The number of quaternary nitrogens is 1. The molecule has 2 aromatic rings. The van der Waals surface area contributed by atoms with Gasteiger partial charge in [0.15, 0.2) is 6.04 Å². The van der Waals surface area contributed by atoms with Gasteiger partial charge in [-0.2, -0.15) is 0 Å². The van der Waals surface area contributed by atoms with Crippen molar-refractivity contribution in [3.05, 3.63) is 35.2 Å². The van der Waals surface area contributed by atoms with E-state index in [0.29, 0.717) is 23.4 Å². The van der Waals surface area contributed by atoms with E-state index < -0.39 is 0 Å². The van der Waals surface area contributed by atoms with Crippen molar-refractivity contribution in [2.24, 2.45) is 5.92 Å². The molecule has 2 heterocycles. The van der Waals surface area contributed by atoms with Gasteiger partial charge in [0.05, 0.1) is 25.6 Å². The van der Waals surface area contributed by atoms with Crippen LogP contribution in [0.1, 0.15) is 38.6 Å². The molecule has 0 radical (unpaired) electrons. The summed E-state index contributed by atoms with van der Waals surface area (Å²) in [6, 6.07) is 7.45. The molecule has 1 fully saturated rings. The van der Waals surface area contributed by atoms with E-state index in [2.05, 4.69) is 17.1 Å². The van der Waals surface area contributed by atoms with Crippen molar-refractivity contribution in [3.8, 4) is 11.5 Å². The number of piperidine rings is 1. The summed E-state index contributed by atoms with van der Waals surface area (Å²) < 4.78 is 11.0. The average Bonchev–Trinajstić information content (AvgIpc) is 3.11. The minimum atomic E-state index is -0.0739. The number of ether oxygens (including phenoxy) is 1. The maximum atomic E-state index is 11.8. The third kappa shape index (κ3) is 4.19. The van der Waals surface area contributed by atoms with E-state index in [4.69, 9.17) is 20.8 Å². The van der Waals surface area contributed by atoms with Crippen molar-refractivity contribution in [2.45, 2.75) is 32.7 Å². The molecule has 0 aliphatic carbocycles. The fourth-order valence-corrected chi connectivity index (χ4v) is 3.43. The Morgan fingerprint density at radius 1 is 1.40 bits per heavy atom. The molecule has 134 valence electrons. The van der Waals surface area contributed by atoms with Gasteiger partial charge in [-0.1, -0.05) is 17.7 Å². The summed E-state index contributed by atoms with van der Waals surface area (Å²) in [6.45, 7) is 6.14. The lowest BCUT2D eigenvalue weighted by Gasteiger charge is -2.30. The fraction of sp³-hybridized carbons (Fsp3) is 0.500. The Morgan fingerprint density at radius 3 is 2.84 bits per heavy atom. The standard InChI is InChI=1S/C18H22ClN3O3/c1-3-24-18(23)13-7-9-22(10-8-13)12(2)16-20-21-17(25-16)14-5-4-6-15(19)11-14/h4-6,11-13H,3,7-10H2,1-2H3/p+1/t12-/m1/s1. The second-order valence-electron chi connectivity index (χ2n) is 6.36. The van der Waals surface area contributed by atoms with E-state index in [0.717, 1.165) is 31.5 Å². The summed E-state index contributed by atoms with van der Waals surface area (Å²) in [5.41, 5.74) is 0.814. The SMILES string of the molecule is CCOC(=O)C1CC[NH+]([C@H](C)c2nnc(-c3cccc(Cl)c3)o2)CC1. The second kappa shape index (κ2) is 7.97. The Bertz CT molecular complexity index is 726. The maximum absolute atomic E-state index is 11.8. The van der Waals surface area contributed by atoms with Crippen molar-refractivity contribution >= 4 is 17.6 Å². The topological polar surface area (TPSA) is 69.7 Å². The quantitative estimate of drug-likeness (QED) is 0.824. The summed E-state index contributed by atoms with van der Waals surface area (Å²) in [6.07, 6.45) is 1.65. The van der Waals surface area contributed by atoms with Crippen LogP contribution in [0.15, 0.2) is 28.7 Å². The third-order valence-corrected chi connectivity index (χ3v) is 4.98. The third-order valence-electron chi connectivity index (χ3n) is 4.74. The van der Waals surface area contributed by atoms with Gasteiger partial charge in [0.25, 0.3) is 5.89 Å². The summed E-state index contributed by atoms with van der Waals surface area (Å²) >= 11 is 6.02. The number of benzene rings is 1. The monoisotopic (exact) mass is 364 g/mol. The van der Waals surface area contributed by atoms with Crippen LogP contribution in [0.2, 0.25) is 5.02 Å². The van der Waals surface area contributed by atoms with Gasteiger partial charge in [0, 0.05) is 23.4 Å². The zero-order valence-corrected chi connectivity index (χ0v) is 15.3. The normalized spacial score (nSPS) is 21.7. The van der Waals surface area contributed by atoms with E-state index in [9.17, 15) is 4.79 Å². The molecule has 6 nitrogen and oxygen atoms in total. The number of likely N-dealkylation sites (tertiary alicyclic amines) is 1. The molecule has 25 heavy (non-hydrogen) atoms. The summed E-state index contributed by atoms with van der Waals surface area (Å²) in [5.74, 6) is 1.03. The Balaban J connectivity index is 1.63. The molecule has 1 saturated heterocycles. The van der Waals surface area contributed by atoms with Crippen molar-refractivity contribution < 1.29 is 18.8 Å². The zero-order chi connectivity index (χ0) is 17.8. The molecule has 1 atom stereocenters. The number of aromatic nitrogens is 2. The Morgan fingerprint density at radius 2 is 2.16 bits per heavy atom. The largest absolute Gasteiger partial charge is 0.466 e. The molecule has 3 rings (SSSR count). The summed E-state index contributed by atoms with van der Waals surface area (Å²) in [5, 5.41) is 8.99. The highest BCUT2D eigenvalue weighted by Crippen LogP contribution is 2.23. The van der Waals surface area contributed by atoms with Crippen LogP contribution >= 0.6 is 11.6 Å². The van der Waals surface area contributed by atoms with Gasteiger partial charge >= 0.3 is 5.97 Å². The molecule has 7 heteroatoms. The number of hydrogen-bond donors (Lipinski definition) is 1. The lowest BCUT2D eigenvalue weighted by atomic mass is 9.96. The van der Waals surface area contributed by atoms with E-state index in [1.165, 1.54) is 4.90 Å². The van der Waals surface area contributed by atoms with Crippen molar-refractivity contribution in [1.82, 2.24) is 10.2 Å². The minimum absolute atomic E-state index is 0.0145. The first-order chi connectivity index (χ1) is 12.1. The summed E-state index contributed by atoms with van der Waals surface area (Å²) in [7, 11) is 0. The molecule has 0 saturated carbocycles. The number of nitrogens with zero attached hydrogens (tertiary/aromatic N) is 2. The van der Waals surface area contributed by atoms with Gasteiger partial charge < -0.3 is 14.1 Å². The second-order valence-corrected chi connectivity index (χ2v) is 6.80. The van der Waals surface area contributed by atoms with Gasteiger partial charge in [0.2, 0.25) is 5.89 Å². The van der Waals surface area contributed by atoms with Gasteiger partial charge in [-0.15, -0.1) is 10.2 Å². The smallest absolute Gasteiger partial charge is 0.309 e. The zero-order valence-electron chi connectivity index (χ0n) is 14.5. The molecule has 0 spiro atoms. The lowest BCUT2D eigenvalue weighted by Crippen LogP contribution is -3.13.